The second-order valence-corrected chi connectivity index (χ2v) is 8.93. The van der Waals surface area contributed by atoms with E-state index in [1.54, 1.807) is 24.5 Å². The molecule has 0 amide bonds. The number of nitrogens with zero attached hydrogens (tertiary/aromatic N) is 2. The van der Waals surface area contributed by atoms with Gasteiger partial charge in [-0.3, -0.25) is 0 Å². The quantitative estimate of drug-likeness (QED) is 0.128. The lowest BCUT2D eigenvalue weighted by molar-refractivity contribution is 0.0735. The van der Waals surface area contributed by atoms with E-state index in [9.17, 15) is 4.79 Å². The van der Waals surface area contributed by atoms with E-state index in [0.29, 0.717) is 29.5 Å². The van der Waals surface area contributed by atoms with E-state index >= 15 is 0 Å². The third kappa shape index (κ3) is 9.16. The highest BCUT2D eigenvalue weighted by Gasteiger charge is 2.10. The molecule has 0 unspecified atom stereocenters. The number of aryl methyl sites for hydroxylation is 1. The maximum absolute atomic E-state index is 12.5. The summed E-state index contributed by atoms with van der Waals surface area (Å²) in [5, 5.41) is 0. The number of unbranched alkanes of at least 4 members (excludes halogenated alkanes) is 7. The molecule has 35 heavy (non-hydrogen) atoms. The zero-order valence-corrected chi connectivity index (χ0v) is 21.2. The van der Waals surface area contributed by atoms with Crippen LogP contribution in [0.5, 0.6) is 11.5 Å². The Morgan fingerprint density at radius 2 is 1.34 bits per heavy atom. The van der Waals surface area contributed by atoms with E-state index < -0.39 is 0 Å². The van der Waals surface area contributed by atoms with Gasteiger partial charge in [-0.05, 0) is 61.2 Å². The monoisotopic (exact) mass is 474 g/mol. The van der Waals surface area contributed by atoms with Crippen LogP contribution in [0.3, 0.4) is 0 Å². The number of rotatable bonds is 15. The molecule has 1 heterocycles. The van der Waals surface area contributed by atoms with Crippen LogP contribution >= 0.6 is 0 Å². The summed E-state index contributed by atoms with van der Waals surface area (Å²) < 4.78 is 11.3. The number of carbonyl (C=O) groups is 1. The van der Waals surface area contributed by atoms with Gasteiger partial charge in [0, 0.05) is 5.56 Å². The van der Waals surface area contributed by atoms with Gasteiger partial charge in [-0.15, -0.1) is 0 Å². The lowest BCUT2D eigenvalue weighted by atomic mass is 10.1. The molecular formula is C30H38N2O3. The minimum atomic E-state index is -0.360. The standard InChI is InChI=1S/C30H38N2O3/c1-3-5-7-8-9-11-21-34-28-22-31-29(32-23-28)25-17-19-27(20-18-25)35-30(33)26-15-13-24(14-16-26)12-10-6-4-2/h13-20,22-23H,3-12,21H2,1-2H3. The van der Waals surface area contributed by atoms with Crippen molar-refractivity contribution in [1.29, 1.82) is 0 Å². The summed E-state index contributed by atoms with van der Waals surface area (Å²) >= 11 is 0. The van der Waals surface area contributed by atoms with Crippen molar-refractivity contribution < 1.29 is 14.3 Å². The number of carbonyl (C=O) groups excluding carboxylic acids is 1. The normalized spacial score (nSPS) is 10.8. The Morgan fingerprint density at radius 3 is 2.03 bits per heavy atom. The minimum Gasteiger partial charge on any atom is -0.490 e. The van der Waals surface area contributed by atoms with Gasteiger partial charge in [-0.1, -0.05) is 70.9 Å². The third-order valence-corrected chi connectivity index (χ3v) is 5.98. The predicted octanol–water partition coefficient (Wildman–Crippen LogP) is 7.83. The molecule has 186 valence electrons. The molecule has 2 aromatic carbocycles. The Kier molecular flexibility index (Phi) is 11.3. The topological polar surface area (TPSA) is 61.3 Å². The van der Waals surface area contributed by atoms with E-state index in [-0.39, 0.29) is 5.97 Å². The molecule has 1 aromatic heterocycles. The van der Waals surface area contributed by atoms with Crippen molar-refractivity contribution in [3.8, 4) is 22.9 Å². The first-order valence-electron chi connectivity index (χ1n) is 13.1. The van der Waals surface area contributed by atoms with E-state index in [1.165, 1.54) is 56.9 Å². The Labute approximate surface area is 209 Å². The van der Waals surface area contributed by atoms with Crippen LogP contribution in [0.15, 0.2) is 60.9 Å². The molecule has 0 spiro atoms. The van der Waals surface area contributed by atoms with Crippen molar-refractivity contribution in [3.05, 3.63) is 72.1 Å². The maximum Gasteiger partial charge on any atom is 0.343 e. The summed E-state index contributed by atoms with van der Waals surface area (Å²) in [4.78, 5) is 21.3. The summed E-state index contributed by atoms with van der Waals surface area (Å²) in [5.41, 5.74) is 2.65. The number of esters is 1. The fraction of sp³-hybridized carbons (Fsp3) is 0.433. The molecule has 0 N–H and O–H groups in total. The van der Waals surface area contributed by atoms with Gasteiger partial charge in [0.05, 0.1) is 24.6 Å². The molecule has 0 aliphatic heterocycles. The second kappa shape index (κ2) is 14.9. The SMILES string of the molecule is CCCCCCCCOc1cnc(-c2ccc(OC(=O)c3ccc(CCCCC)cc3)cc2)nc1. The van der Waals surface area contributed by atoms with Crippen LogP contribution < -0.4 is 9.47 Å². The molecule has 0 bridgehead atoms. The van der Waals surface area contributed by atoms with Crippen molar-refractivity contribution in [2.45, 2.75) is 78.1 Å². The van der Waals surface area contributed by atoms with E-state index in [2.05, 4.69) is 23.8 Å². The van der Waals surface area contributed by atoms with E-state index in [1.807, 2.05) is 36.4 Å². The molecule has 0 saturated carbocycles. The Morgan fingerprint density at radius 1 is 0.714 bits per heavy atom. The van der Waals surface area contributed by atoms with Crippen molar-refractivity contribution in [2.75, 3.05) is 6.61 Å². The Balaban J connectivity index is 1.45. The van der Waals surface area contributed by atoms with Crippen LogP contribution in [0.4, 0.5) is 0 Å². The Bertz CT molecular complexity index is 999. The first-order valence-corrected chi connectivity index (χ1v) is 13.1. The van der Waals surface area contributed by atoms with Gasteiger partial charge in [0.1, 0.15) is 5.75 Å². The second-order valence-electron chi connectivity index (χ2n) is 8.93. The average molecular weight is 475 g/mol. The molecule has 3 aromatic rings. The largest absolute Gasteiger partial charge is 0.490 e. The van der Waals surface area contributed by atoms with Gasteiger partial charge in [-0.25, -0.2) is 14.8 Å². The summed E-state index contributed by atoms with van der Waals surface area (Å²) in [6.07, 6.45) is 15.4. The molecule has 5 heteroatoms. The zero-order chi connectivity index (χ0) is 24.7. The fourth-order valence-corrected chi connectivity index (χ4v) is 3.84. The van der Waals surface area contributed by atoms with Crippen molar-refractivity contribution in [3.63, 3.8) is 0 Å². The predicted molar refractivity (Wildman–Crippen MR) is 141 cm³/mol. The zero-order valence-electron chi connectivity index (χ0n) is 21.2. The molecular weight excluding hydrogens is 436 g/mol. The first kappa shape index (κ1) is 26.4. The molecule has 5 nitrogen and oxygen atoms in total. The van der Waals surface area contributed by atoms with E-state index in [0.717, 1.165) is 18.4 Å². The number of benzene rings is 2. The van der Waals surface area contributed by atoms with Crippen molar-refractivity contribution in [1.82, 2.24) is 9.97 Å². The molecule has 0 atom stereocenters. The van der Waals surface area contributed by atoms with Gasteiger partial charge in [0.2, 0.25) is 0 Å². The number of hydrogen-bond acceptors (Lipinski definition) is 5. The lowest BCUT2D eigenvalue weighted by Gasteiger charge is -2.08. The highest BCUT2D eigenvalue weighted by molar-refractivity contribution is 5.91. The fourth-order valence-electron chi connectivity index (χ4n) is 3.84. The first-order chi connectivity index (χ1) is 17.2. The summed E-state index contributed by atoms with van der Waals surface area (Å²) in [7, 11) is 0. The van der Waals surface area contributed by atoms with Crippen LogP contribution in [-0.2, 0) is 6.42 Å². The Hall–Kier alpha value is -3.21. The number of hydrogen-bond donors (Lipinski definition) is 0. The highest BCUT2D eigenvalue weighted by Crippen LogP contribution is 2.21. The van der Waals surface area contributed by atoms with Crippen LogP contribution in [-0.4, -0.2) is 22.5 Å². The van der Waals surface area contributed by atoms with Crippen LogP contribution in [0.25, 0.3) is 11.4 Å². The van der Waals surface area contributed by atoms with Crippen molar-refractivity contribution in [2.24, 2.45) is 0 Å². The summed E-state index contributed by atoms with van der Waals surface area (Å²) in [6.45, 7) is 5.12. The molecule has 0 aliphatic rings. The molecule has 3 rings (SSSR count). The smallest absolute Gasteiger partial charge is 0.343 e. The maximum atomic E-state index is 12.5. The van der Waals surface area contributed by atoms with Gasteiger partial charge in [0.25, 0.3) is 0 Å². The van der Waals surface area contributed by atoms with Crippen molar-refractivity contribution >= 4 is 5.97 Å². The number of aromatic nitrogens is 2. The van der Waals surface area contributed by atoms with Gasteiger partial charge >= 0.3 is 5.97 Å². The molecule has 0 saturated heterocycles. The third-order valence-electron chi connectivity index (χ3n) is 5.98. The van der Waals surface area contributed by atoms with Crippen LogP contribution in [0.2, 0.25) is 0 Å². The summed E-state index contributed by atoms with van der Waals surface area (Å²) in [5.74, 6) is 1.42. The van der Waals surface area contributed by atoms with Gasteiger partial charge < -0.3 is 9.47 Å². The summed E-state index contributed by atoms with van der Waals surface area (Å²) in [6, 6.07) is 14.9. The van der Waals surface area contributed by atoms with Crippen LogP contribution in [0.1, 0.15) is 87.6 Å². The minimum absolute atomic E-state index is 0.360. The average Bonchev–Trinajstić information content (AvgIpc) is 2.89. The molecule has 0 radical (unpaired) electrons. The van der Waals surface area contributed by atoms with Gasteiger partial charge in [0.15, 0.2) is 11.6 Å². The van der Waals surface area contributed by atoms with Gasteiger partial charge in [-0.2, -0.15) is 0 Å². The lowest BCUT2D eigenvalue weighted by Crippen LogP contribution is -2.08. The van der Waals surface area contributed by atoms with E-state index in [4.69, 9.17) is 9.47 Å². The highest BCUT2D eigenvalue weighted by atomic mass is 16.5. The van der Waals surface area contributed by atoms with Crippen LogP contribution in [0, 0.1) is 0 Å². The molecule has 0 fully saturated rings. The number of ether oxygens (including phenoxy) is 2. The molecule has 0 aliphatic carbocycles.